The van der Waals surface area contributed by atoms with Crippen LogP contribution in [-0.2, 0) is 16.0 Å². The van der Waals surface area contributed by atoms with Crippen LogP contribution in [0.5, 0.6) is 0 Å². The average Bonchev–Trinajstić information content (AvgIpc) is 2.65. The van der Waals surface area contributed by atoms with E-state index in [1.165, 1.54) is 6.07 Å². The lowest BCUT2D eigenvalue weighted by molar-refractivity contribution is -0.384. The summed E-state index contributed by atoms with van der Waals surface area (Å²) in [6, 6.07) is 8.48. The van der Waals surface area contributed by atoms with Gasteiger partial charge in [-0.05, 0) is 26.3 Å². The Morgan fingerprint density at radius 1 is 1.38 bits per heavy atom. The first-order chi connectivity index (χ1) is 13.7. The van der Waals surface area contributed by atoms with Crippen molar-refractivity contribution in [3.63, 3.8) is 0 Å². The number of nitro groups is 1. The number of rotatable bonds is 7. The van der Waals surface area contributed by atoms with Crippen LogP contribution in [0, 0.1) is 21.4 Å². The highest BCUT2D eigenvalue weighted by Crippen LogP contribution is 2.20. The van der Waals surface area contributed by atoms with Crippen molar-refractivity contribution in [2.45, 2.75) is 45.4 Å². The maximum Gasteiger partial charge on any atom is 0.410 e. The molecular formula is C20H28N4O5. The normalized spacial score (nSPS) is 17.6. The molecule has 9 heteroatoms. The Kier molecular flexibility index (Phi) is 7.93. The SMILES string of the molecule is CC(C)(C)OC(=O)N1CCN(Cc2cccc([N+](=O)[O-])c2)C(COCCC#N)C1. The summed E-state index contributed by atoms with van der Waals surface area (Å²) in [6.07, 6.45) is -0.0672. The van der Waals surface area contributed by atoms with Crippen molar-refractivity contribution < 1.29 is 19.2 Å². The molecule has 0 spiro atoms. The number of hydrogen-bond acceptors (Lipinski definition) is 7. The lowest BCUT2D eigenvalue weighted by Gasteiger charge is -2.41. The Morgan fingerprint density at radius 3 is 2.79 bits per heavy atom. The van der Waals surface area contributed by atoms with E-state index in [0.717, 1.165) is 5.56 Å². The second-order valence-electron chi connectivity index (χ2n) is 7.96. The van der Waals surface area contributed by atoms with Crippen LogP contribution < -0.4 is 0 Å². The van der Waals surface area contributed by atoms with Crippen molar-refractivity contribution in [2.24, 2.45) is 0 Å². The third-order valence-corrected chi connectivity index (χ3v) is 4.43. The quantitative estimate of drug-likeness (QED) is 0.390. The van der Waals surface area contributed by atoms with Crippen LogP contribution in [0.15, 0.2) is 24.3 Å². The van der Waals surface area contributed by atoms with E-state index in [0.29, 0.717) is 45.8 Å². The zero-order valence-electron chi connectivity index (χ0n) is 17.2. The molecule has 1 heterocycles. The van der Waals surface area contributed by atoms with Gasteiger partial charge in [0.25, 0.3) is 5.69 Å². The molecule has 1 aliphatic rings. The molecular weight excluding hydrogens is 376 g/mol. The largest absolute Gasteiger partial charge is 0.444 e. The predicted molar refractivity (Wildman–Crippen MR) is 106 cm³/mol. The Hall–Kier alpha value is -2.70. The standard InChI is InChI=1S/C20H28N4O5/c1-20(2,3)29-19(25)23-10-9-22(18(14-23)15-28-11-5-8-21)13-16-6-4-7-17(12-16)24(26)27/h4,6-7,12,18H,5,9-11,13-15H2,1-3H3. The second kappa shape index (κ2) is 10.2. The number of ether oxygens (including phenoxy) is 2. The highest BCUT2D eigenvalue weighted by atomic mass is 16.6. The number of carbonyl (C=O) groups is 1. The van der Waals surface area contributed by atoms with Crippen LogP contribution in [0.2, 0.25) is 0 Å². The fourth-order valence-electron chi connectivity index (χ4n) is 3.09. The third kappa shape index (κ3) is 7.33. The van der Waals surface area contributed by atoms with Gasteiger partial charge in [0.2, 0.25) is 0 Å². The summed E-state index contributed by atoms with van der Waals surface area (Å²) >= 11 is 0. The van der Waals surface area contributed by atoms with Crippen LogP contribution >= 0.6 is 0 Å². The molecule has 0 aliphatic carbocycles. The highest BCUT2D eigenvalue weighted by Gasteiger charge is 2.32. The summed E-state index contributed by atoms with van der Waals surface area (Å²) in [5.74, 6) is 0. The average molecular weight is 404 g/mol. The number of benzene rings is 1. The van der Waals surface area contributed by atoms with Crippen LogP contribution in [0.4, 0.5) is 10.5 Å². The van der Waals surface area contributed by atoms with Crippen molar-refractivity contribution in [1.82, 2.24) is 9.80 Å². The van der Waals surface area contributed by atoms with Crippen LogP contribution in [0.3, 0.4) is 0 Å². The van der Waals surface area contributed by atoms with E-state index in [2.05, 4.69) is 4.90 Å². The number of nitro benzene ring substituents is 1. The first kappa shape index (κ1) is 22.6. The Morgan fingerprint density at radius 2 is 2.14 bits per heavy atom. The minimum atomic E-state index is -0.573. The maximum absolute atomic E-state index is 12.4. The molecule has 0 radical (unpaired) electrons. The first-order valence-electron chi connectivity index (χ1n) is 9.59. The summed E-state index contributed by atoms with van der Waals surface area (Å²) < 4.78 is 11.1. The minimum absolute atomic E-state index is 0.0525. The van der Waals surface area contributed by atoms with Gasteiger partial charge in [-0.15, -0.1) is 0 Å². The molecule has 1 aromatic carbocycles. The molecule has 2 rings (SSSR count). The molecule has 0 saturated carbocycles. The number of hydrogen-bond donors (Lipinski definition) is 0. The summed E-state index contributed by atoms with van der Waals surface area (Å²) in [5, 5.41) is 19.7. The van der Waals surface area contributed by atoms with Gasteiger partial charge in [0.1, 0.15) is 5.60 Å². The molecule has 1 fully saturated rings. The maximum atomic E-state index is 12.4. The molecule has 1 atom stereocenters. The van der Waals surface area contributed by atoms with Crippen LogP contribution in [0.25, 0.3) is 0 Å². The molecule has 9 nitrogen and oxygen atoms in total. The predicted octanol–water partition coefficient (Wildman–Crippen LogP) is 2.95. The van der Waals surface area contributed by atoms with E-state index in [9.17, 15) is 14.9 Å². The molecule has 158 valence electrons. The number of carbonyl (C=O) groups excluding carboxylic acids is 1. The van der Waals surface area contributed by atoms with E-state index in [1.54, 1.807) is 17.0 Å². The van der Waals surface area contributed by atoms with E-state index in [4.69, 9.17) is 14.7 Å². The topological polar surface area (TPSA) is 109 Å². The molecule has 1 saturated heterocycles. The number of nitrogens with zero attached hydrogens (tertiary/aromatic N) is 4. The van der Waals surface area contributed by atoms with Gasteiger partial charge in [0.15, 0.2) is 0 Å². The zero-order chi connectivity index (χ0) is 21.4. The smallest absolute Gasteiger partial charge is 0.410 e. The Bertz CT molecular complexity index is 756. The number of nitriles is 1. The number of piperazine rings is 1. The summed E-state index contributed by atoms with van der Waals surface area (Å²) in [5.41, 5.74) is 0.305. The van der Waals surface area contributed by atoms with Crippen molar-refractivity contribution in [1.29, 1.82) is 5.26 Å². The van der Waals surface area contributed by atoms with Gasteiger partial charge in [0.05, 0.1) is 36.7 Å². The monoisotopic (exact) mass is 404 g/mol. The Balaban J connectivity index is 2.07. The summed E-state index contributed by atoms with van der Waals surface area (Å²) in [4.78, 5) is 26.9. The first-order valence-corrected chi connectivity index (χ1v) is 9.59. The van der Waals surface area contributed by atoms with Gasteiger partial charge in [-0.3, -0.25) is 15.0 Å². The fraction of sp³-hybridized carbons (Fsp3) is 0.600. The lowest BCUT2D eigenvalue weighted by Crippen LogP contribution is -2.56. The molecule has 1 amide bonds. The number of non-ortho nitro benzene ring substituents is 1. The van der Waals surface area contributed by atoms with Gasteiger partial charge in [-0.25, -0.2) is 4.79 Å². The molecule has 1 unspecified atom stereocenters. The molecule has 29 heavy (non-hydrogen) atoms. The van der Waals surface area contributed by atoms with Gasteiger partial charge < -0.3 is 14.4 Å². The van der Waals surface area contributed by atoms with Crippen molar-refractivity contribution in [3.8, 4) is 6.07 Å². The molecule has 1 aliphatic heterocycles. The second-order valence-corrected chi connectivity index (χ2v) is 7.96. The van der Waals surface area contributed by atoms with E-state index in [1.807, 2.05) is 32.9 Å². The van der Waals surface area contributed by atoms with Gasteiger partial charge in [-0.2, -0.15) is 5.26 Å². The summed E-state index contributed by atoms with van der Waals surface area (Å²) in [7, 11) is 0. The Labute approximate surface area is 170 Å². The third-order valence-electron chi connectivity index (χ3n) is 4.43. The number of amides is 1. The van der Waals surface area contributed by atoms with E-state index in [-0.39, 0.29) is 17.8 Å². The minimum Gasteiger partial charge on any atom is -0.444 e. The van der Waals surface area contributed by atoms with Crippen molar-refractivity contribution in [2.75, 3.05) is 32.8 Å². The van der Waals surface area contributed by atoms with Crippen LogP contribution in [0.1, 0.15) is 32.8 Å². The highest BCUT2D eigenvalue weighted by molar-refractivity contribution is 5.68. The molecule has 0 N–H and O–H groups in total. The summed E-state index contributed by atoms with van der Waals surface area (Å²) in [6.45, 7) is 8.18. The van der Waals surface area contributed by atoms with Gasteiger partial charge in [-0.1, -0.05) is 12.1 Å². The molecule has 0 aromatic heterocycles. The lowest BCUT2D eigenvalue weighted by atomic mass is 10.1. The van der Waals surface area contributed by atoms with E-state index >= 15 is 0 Å². The zero-order valence-corrected chi connectivity index (χ0v) is 17.2. The molecule has 1 aromatic rings. The van der Waals surface area contributed by atoms with Gasteiger partial charge in [0, 0.05) is 38.3 Å². The van der Waals surface area contributed by atoms with Crippen molar-refractivity contribution >= 4 is 11.8 Å². The fourth-order valence-corrected chi connectivity index (χ4v) is 3.09. The van der Waals surface area contributed by atoms with Gasteiger partial charge >= 0.3 is 6.09 Å². The molecule has 0 bridgehead atoms. The van der Waals surface area contributed by atoms with E-state index < -0.39 is 10.5 Å². The van der Waals surface area contributed by atoms with Crippen LogP contribution in [-0.4, -0.2) is 65.3 Å². The van der Waals surface area contributed by atoms with Crippen molar-refractivity contribution in [3.05, 3.63) is 39.9 Å².